The number of amides is 2. The van der Waals surface area contributed by atoms with E-state index in [1.165, 1.54) is 29.2 Å². The molecule has 5 rings (SSSR count). The Kier molecular flexibility index (Phi) is 10.6. The molecule has 0 aromatic heterocycles. The van der Waals surface area contributed by atoms with Crippen LogP contribution in [0, 0.1) is 0 Å². The summed E-state index contributed by atoms with van der Waals surface area (Å²) >= 11 is 5.95. The molecular weight excluding hydrogens is 664 g/mol. The van der Waals surface area contributed by atoms with Crippen molar-refractivity contribution in [3.8, 4) is 5.75 Å². The van der Waals surface area contributed by atoms with Crippen LogP contribution in [-0.2, 0) is 25.5 Å². The number of hydrogen-bond donors (Lipinski definition) is 1. The van der Waals surface area contributed by atoms with Gasteiger partial charge in [0.15, 0.2) is 6.04 Å². The van der Waals surface area contributed by atoms with Crippen LogP contribution in [0.25, 0.3) is 10.8 Å². The maximum atomic E-state index is 16.4. The van der Waals surface area contributed by atoms with Crippen LogP contribution in [0.4, 0.5) is 13.6 Å². The summed E-state index contributed by atoms with van der Waals surface area (Å²) in [5, 5.41) is 4.28. The summed E-state index contributed by atoms with van der Waals surface area (Å²) in [7, 11) is -3.61. The van der Waals surface area contributed by atoms with E-state index in [0.29, 0.717) is 15.4 Å². The highest BCUT2D eigenvalue weighted by Crippen LogP contribution is 2.39. The number of carbonyl (C=O) groups is 2. The minimum absolute atomic E-state index is 0.0294. The van der Waals surface area contributed by atoms with Crippen LogP contribution in [0.15, 0.2) is 65.6 Å². The van der Waals surface area contributed by atoms with Crippen LogP contribution in [0.3, 0.4) is 0 Å². The molecule has 9 nitrogen and oxygen atoms in total. The lowest BCUT2D eigenvalue weighted by atomic mass is 9.98. The molecule has 1 saturated carbocycles. The maximum Gasteiger partial charge on any atom is 0.407 e. The Hall–Kier alpha value is -3.48. The number of hydrogen-bond acceptors (Lipinski definition) is 6. The molecule has 1 aliphatic heterocycles. The van der Waals surface area contributed by atoms with Gasteiger partial charge in [-0.2, -0.15) is 13.1 Å². The first-order valence-corrected chi connectivity index (χ1v) is 18.0. The molecule has 1 aliphatic carbocycles. The second kappa shape index (κ2) is 14.2. The monoisotopic (exact) mass is 705 g/mol. The normalized spacial score (nSPS) is 17.5. The summed E-state index contributed by atoms with van der Waals surface area (Å²) in [4.78, 5) is 27.3. The number of nitrogens with zero attached hydrogens (tertiary/aromatic N) is 2. The van der Waals surface area contributed by atoms with Crippen LogP contribution in [-0.4, -0.2) is 73.5 Å². The third-order valence-electron chi connectivity index (χ3n) is 8.76. The van der Waals surface area contributed by atoms with E-state index in [1.54, 1.807) is 39.0 Å². The number of alkyl halides is 2. The number of nitrogens with one attached hydrogen (secondary N) is 1. The van der Waals surface area contributed by atoms with Crippen molar-refractivity contribution in [2.45, 2.75) is 93.9 Å². The molecule has 0 radical (unpaired) electrons. The van der Waals surface area contributed by atoms with Crippen LogP contribution < -0.4 is 10.1 Å². The summed E-state index contributed by atoms with van der Waals surface area (Å²) in [6, 6.07) is 11.7. The minimum atomic E-state index is -4.61. The molecule has 1 N–H and O–H groups in total. The van der Waals surface area contributed by atoms with E-state index in [9.17, 15) is 18.0 Å². The molecule has 1 heterocycles. The number of halogens is 3. The molecule has 0 bridgehead atoms. The van der Waals surface area contributed by atoms with Gasteiger partial charge < -0.3 is 19.7 Å². The van der Waals surface area contributed by atoms with E-state index in [-0.39, 0.29) is 48.0 Å². The number of likely N-dealkylation sites (N-methyl/N-ethyl adjacent to an activating group) is 1. The summed E-state index contributed by atoms with van der Waals surface area (Å²) in [6.45, 7) is 5.27. The first-order valence-electron chi connectivity index (χ1n) is 16.2. The van der Waals surface area contributed by atoms with Gasteiger partial charge in [0.05, 0.1) is 11.0 Å². The van der Waals surface area contributed by atoms with E-state index < -0.39 is 45.2 Å². The Balaban J connectivity index is 1.40. The first-order chi connectivity index (χ1) is 22.5. The van der Waals surface area contributed by atoms with Crippen LogP contribution in [0.5, 0.6) is 5.75 Å². The maximum absolute atomic E-state index is 16.4. The van der Waals surface area contributed by atoms with Crippen molar-refractivity contribution >= 4 is 44.4 Å². The fourth-order valence-electron chi connectivity index (χ4n) is 6.20. The average molecular weight is 706 g/mol. The molecule has 3 aromatic carbocycles. The fourth-order valence-corrected chi connectivity index (χ4v) is 7.67. The summed E-state index contributed by atoms with van der Waals surface area (Å²) in [6.07, 6.45) is 4.31. The molecule has 1 atom stereocenters. The number of rotatable bonds is 9. The summed E-state index contributed by atoms with van der Waals surface area (Å²) < 4.78 is 72.8. The van der Waals surface area contributed by atoms with E-state index in [0.717, 1.165) is 50.2 Å². The van der Waals surface area contributed by atoms with Crippen molar-refractivity contribution in [2.24, 2.45) is 0 Å². The first kappa shape index (κ1) is 35.8. The third kappa shape index (κ3) is 8.20. The predicted octanol–water partition coefficient (Wildman–Crippen LogP) is 7.11. The highest BCUT2D eigenvalue weighted by atomic mass is 35.5. The number of piperidine rings is 1. The quantitative estimate of drug-likeness (QED) is 0.255. The zero-order chi connectivity index (χ0) is 34.9. The van der Waals surface area contributed by atoms with Crippen molar-refractivity contribution in [1.82, 2.24) is 14.5 Å². The van der Waals surface area contributed by atoms with E-state index in [4.69, 9.17) is 21.1 Å². The SMILES string of the molecule is CN(C(C(=O)N1CCC(NC(=O)OC(C)(C)C)CC1)C(F)(F)c1ccc(Cl)cc1)S(=O)(=O)c1ccc2cc(OC3CCCC3)ccc2c1. The molecule has 1 unspecified atom stereocenters. The zero-order valence-corrected chi connectivity index (χ0v) is 29.1. The smallest absolute Gasteiger partial charge is 0.407 e. The number of alkyl carbamates (subject to hydrolysis) is 1. The van der Waals surface area contributed by atoms with Crippen molar-refractivity contribution < 1.29 is 36.3 Å². The van der Waals surface area contributed by atoms with Crippen LogP contribution in [0.1, 0.15) is 64.9 Å². The topological polar surface area (TPSA) is 105 Å². The highest BCUT2D eigenvalue weighted by molar-refractivity contribution is 7.89. The van der Waals surface area contributed by atoms with Gasteiger partial charge in [0.25, 0.3) is 5.92 Å². The van der Waals surface area contributed by atoms with Gasteiger partial charge in [-0.3, -0.25) is 4.79 Å². The largest absolute Gasteiger partial charge is 0.490 e. The van der Waals surface area contributed by atoms with E-state index >= 15 is 8.78 Å². The molecule has 1 saturated heterocycles. The lowest BCUT2D eigenvalue weighted by Crippen LogP contribution is -2.58. The summed E-state index contributed by atoms with van der Waals surface area (Å²) in [5.41, 5.74) is -1.25. The number of ether oxygens (including phenoxy) is 2. The minimum Gasteiger partial charge on any atom is -0.490 e. The van der Waals surface area contributed by atoms with Gasteiger partial charge in [-0.1, -0.05) is 35.9 Å². The van der Waals surface area contributed by atoms with Gasteiger partial charge >= 0.3 is 6.09 Å². The zero-order valence-electron chi connectivity index (χ0n) is 27.5. The Bertz CT molecular complexity index is 1740. The van der Waals surface area contributed by atoms with Gasteiger partial charge in [0.1, 0.15) is 11.4 Å². The Morgan fingerprint density at radius 3 is 2.17 bits per heavy atom. The highest BCUT2D eigenvalue weighted by Gasteiger charge is 2.53. The summed E-state index contributed by atoms with van der Waals surface area (Å²) in [5.74, 6) is -4.30. The van der Waals surface area contributed by atoms with Gasteiger partial charge in [-0.15, -0.1) is 0 Å². The lowest BCUT2D eigenvalue weighted by Gasteiger charge is -2.39. The molecule has 260 valence electrons. The number of benzene rings is 3. The van der Waals surface area contributed by atoms with Crippen LogP contribution >= 0.6 is 11.6 Å². The van der Waals surface area contributed by atoms with Crippen molar-refractivity contribution in [1.29, 1.82) is 0 Å². The molecule has 0 spiro atoms. The lowest BCUT2D eigenvalue weighted by molar-refractivity contribution is -0.151. The van der Waals surface area contributed by atoms with Crippen molar-refractivity contribution in [3.63, 3.8) is 0 Å². The Morgan fingerprint density at radius 1 is 0.938 bits per heavy atom. The molecule has 2 amide bonds. The second-order valence-corrected chi connectivity index (χ2v) is 15.9. The fraction of sp³-hybridized carbons (Fsp3) is 0.486. The number of carbonyl (C=O) groups excluding carboxylic acids is 2. The van der Waals surface area contributed by atoms with Crippen molar-refractivity contribution in [2.75, 3.05) is 20.1 Å². The number of likely N-dealkylation sites (tertiary alicyclic amines) is 1. The second-order valence-electron chi connectivity index (χ2n) is 13.5. The Labute approximate surface area is 285 Å². The standard InChI is InChI=1S/C35H42ClF2N3O6S/c1-34(2,3)47-33(43)39-27-17-19-41(20-18-27)32(42)31(35(37,38)25-11-13-26(36)14-12-25)40(4)48(44,45)30-16-10-23-21-29(15-9-24(23)22-30)46-28-7-5-6-8-28/h9-16,21-22,27-28,31H,5-8,17-20H2,1-4H3,(H,39,43). The van der Waals surface area contributed by atoms with Gasteiger partial charge in [0, 0.05) is 36.8 Å². The molecule has 48 heavy (non-hydrogen) atoms. The number of fused-ring (bicyclic) bond motifs is 1. The molecule has 3 aromatic rings. The van der Waals surface area contributed by atoms with E-state index in [1.807, 2.05) is 6.07 Å². The molecule has 13 heteroatoms. The average Bonchev–Trinajstić information content (AvgIpc) is 3.53. The van der Waals surface area contributed by atoms with Gasteiger partial charge in [-0.05, 0) is 106 Å². The van der Waals surface area contributed by atoms with Gasteiger partial charge in [-0.25, -0.2) is 13.2 Å². The van der Waals surface area contributed by atoms with Gasteiger partial charge in [0.2, 0.25) is 15.9 Å². The molecular formula is C35H42ClF2N3O6S. The van der Waals surface area contributed by atoms with E-state index in [2.05, 4.69) is 5.32 Å². The van der Waals surface area contributed by atoms with Crippen LogP contribution in [0.2, 0.25) is 5.02 Å². The third-order valence-corrected chi connectivity index (χ3v) is 10.8. The Morgan fingerprint density at radius 2 is 1.54 bits per heavy atom. The molecule has 2 aliphatic rings. The van der Waals surface area contributed by atoms with Crippen molar-refractivity contribution in [3.05, 3.63) is 71.2 Å². The predicted molar refractivity (Wildman–Crippen MR) is 180 cm³/mol. The molecule has 2 fully saturated rings. The number of sulfonamides is 1.